The van der Waals surface area contributed by atoms with Gasteiger partial charge in [0.1, 0.15) is 0 Å². The zero-order valence-corrected chi connectivity index (χ0v) is 13.2. The molecule has 1 N–H and O–H groups in total. The predicted molar refractivity (Wildman–Crippen MR) is 85.9 cm³/mol. The number of rotatable bonds is 1. The Bertz CT molecular complexity index is 835. The molecule has 0 fully saturated rings. The van der Waals surface area contributed by atoms with Gasteiger partial charge in [-0.25, -0.2) is 0 Å². The summed E-state index contributed by atoms with van der Waals surface area (Å²) in [4.78, 5) is 3.21. The summed E-state index contributed by atoms with van der Waals surface area (Å²) in [6.45, 7) is 2.00. The third-order valence-electron chi connectivity index (χ3n) is 3.13. The number of aromatic nitrogens is 2. The standard InChI is InChI=1S/C14H10BrClN2S/c1-8-10(16)3-2-4-12(8)18-13-7-9(15)5-6-11(13)17-14(18)19/h2-7H,1H3,(H,17,19). The summed E-state index contributed by atoms with van der Waals surface area (Å²) in [6.07, 6.45) is 0. The molecule has 0 bridgehead atoms. The molecule has 0 saturated carbocycles. The fraction of sp³-hybridized carbons (Fsp3) is 0.0714. The van der Waals surface area contributed by atoms with E-state index in [1.54, 1.807) is 0 Å². The van der Waals surface area contributed by atoms with Gasteiger partial charge in [-0.3, -0.25) is 4.57 Å². The highest BCUT2D eigenvalue weighted by atomic mass is 79.9. The normalized spacial score (nSPS) is 11.1. The molecular weight excluding hydrogens is 344 g/mol. The van der Waals surface area contributed by atoms with Gasteiger partial charge in [0.25, 0.3) is 0 Å². The zero-order chi connectivity index (χ0) is 13.6. The lowest BCUT2D eigenvalue weighted by atomic mass is 10.2. The average Bonchev–Trinajstić information content (AvgIpc) is 2.69. The van der Waals surface area contributed by atoms with E-state index in [1.807, 2.05) is 47.9 Å². The minimum absolute atomic E-state index is 0.665. The average molecular weight is 354 g/mol. The number of fused-ring (bicyclic) bond motifs is 1. The molecule has 96 valence electrons. The van der Waals surface area contributed by atoms with Crippen LogP contribution in [0.5, 0.6) is 0 Å². The lowest BCUT2D eigenvalue weighted by molar-refractivity contribution is 1.05. The molecule has 0 radical (unpaired) electrons. The Hall–Kier alpha value is -1.10. The van der Waals surface area contributed by atoms with Crippen molar-refractivity contribution >= 4 is 50.8 Å². The molecule has 0 aliphatic heterocycles. The van der Waals surface area contributed by atoms with Crippen molar-refractivity contribution < 1.29 is 0 Å². The van der Waals surface area contributed by atoms with E-state index in [0.717, 1.165) is 31.8 Å². The number of aromatic amines is 1. The fourth-order valence-corrected chi connectivity index (χ4v) is 2.98. The summed E-state index contributed by atoms with van der Waals surface area (Å²) in [5.41, 5.74) is 4.06. The van der Waals surface area contributed by atoms with Crippen molar-refractivity contribution in [1.82, 2.24) is 9.55 Å². The van der Waals surface area contributed by atoms with Crippen molar-refractivity contribution in [2.75, 3.05) is 0 Å². The number of benzene rings is 2. The van der Waals surface area contributed by atoms with E-state index < -0.39 is 0 Å². The van der Waals surface area contributed by atoms with Gasteiger partial charge in [-0.2, -0.15) is 0 Å². The summed E-state index contributed by atoms with van der Waals surface area (Å²) >= 11 is 15.1. The molecule has 3 rings (SSSR count). The molecule has 0 aliphatic carbocycles. The highest BCUT2D eigenvalue weighted by molar-refractivity contribution is 9.10. The Morgan fingerprint density at radius 1 is 1.26 bits per heavy atom. The first-order chi connectivity index (χ1) is 9.08. The van der Waals surface area contributed by atoms with Crippen molar-refractivity contribution in [2.24, 2.45) is 0 Å². The van der Waals surface area contributed by atoms with Crippen LogP contribution in [0.15, 0.2) is 40.9 Å². The highest BCUT2D eigenvalue weighted by Crippen LogP contribution is 2.27. The van der Waals surface area contributed by atoms with Crippen LogP contribution >= 0.6 is 39.7 Å². The summed E-state index contributed by atoms with van der Waals surface area (Å²) in [5, 5.41) is 0.740. The molecule has 1 heterocycles. The van der Waals surface area contributed by atoms with E-state index in [1.165, 1.54) is 0 Å². The van der Waals surface area contributed by atoms with Crippen LogP contribution in [0.25, 0.3) is 16.7 Å². The summed E-state index contributed by atoms with van der Waals surface area (Å²) in [6, 6.07) is 11.9. The van der Waals surface area contributed by atoms with Crippen LogP contribution in [0.3, 0.4) is 0 Å². The second kappa shape index (κ2) is 4.78. The van der Waals surface area contributed by atoms with Gasteiger partial charge in [-0.1, -0.05) is 33.6 Å². The molecule has 5 heteroatoms. The zero-order valence-electron chi connectivity index (χ0n) is 10.1. The van der Waals surface area contributed by atoms with Crippen molar-refractivity contribution in [3.8, 4) is 5.69 Å². The molecule has 2 nitrogen and oxygen atoms in total. The second-order valence-electron chi connectivity index (χ2n) is 4.31. The Morgan fingerprint density at radius 2 is 2.05 bits per heavy atom. The molecule has 0 aliphatic rings. The first kappa shape index (κ1) is 12.9. The van der Waals surface area contributed by atoms with Gasteiger partial charge < -0.3 is 4.98 Å². The number of hydrogen-bond acceptors (Lipinski definition) is 1. The smallest absolute Gasteiger partial charge is 0.182 e. The number of halogens is 2. The molecule has 19 heavy (non-hydrogen) atoms. The number of hydrogen-bond donors (Lipinski definition) is 1. The summed E-state index contributed by atoms with van der Waals surface area (Å²) in [7, 11) is 0. The van der Waals surface area contributed by atoms with Crippen LogP contribution in [-0.2, 0) is 0 Å². The van der Waals surface area contributed by atoms with Gasteiger partial charge in [-0.05, 0) is 55.0 Å². The fourth-order valence-electron chi connectivity index (χ4n) is 2.15. The van der Waals surface area contributed by atoms with E-state index in [9.17, 15) is 0 Å². The molecule has 2 aromatic carbocycles. The van der Waals surface area contributed by atoms with Gasteiger partial charge in [-0.15, -0.1) is 0 Å². The molecule has 0 amide bonds. The number of H-pyrrole nitrogens is 1. The van der Waals surface area contributed by atoms with Crippen LogP contribution in [0.4, 0.5) is 0 Å². The minimum Gasteiger partial charge on any atom is -0.330 e. The molecular formula is C14H10BrClN2S. The van der Waals surface area contributed by atoms with Crippen molar-refractivity contribution in [2.45, 2.75) is 6.92 Å². The lowest BCUT2D eigenvalue weighted by Gasteiger charge is -2.09. The molecule has 0 unspecified atom stereocenters. The monoisotopic (exact) mass is 352 g/mol. The molecule has 1 aromatic heterocycles. The maximum absolute atomic E-state index is 6.20. The van der Waals surface area contributed by atoms with Crippen molar-refractivity contribution in [3.05, 3.63) is 56.2 Å². The van der Waals surface area contributed by atoms with Gasteiger partial charge in [0.05, 0.1) is 16.7 Å². The Balaban J connectivity index is 2.42. The third kappa shape index (κ3) is 2.14. The number of nitrogens with one attached hydrogen (secondary N) is 1. The first-order valence-corrected chi connectivity index (χ1v) is 7.31. The maximum atomic E-state index is 6.20. The number of imidazole rings is 1. The molecule has 0 atom stereocenters. The van der Waals surface area contributed by atoms with E-state index in [2.05, 4.69) is 20.9 Å². The SMILES string of the molecule is Cc1c(Cl)cccc1-n1c(=S)[nH]c2ccc(Br)cc21. The van der Waals surface area contributed by atoms with Crippen LogP contribution < -0.4 is 0 Å². The first-order valence-electron chi connectivity index (χ1n) is 5.73. The van der Waals surface area contributed by atoms with E-state index in [4.69, 9.17) is 23.8 Å². The Morgan fingerprint density at radius 3 is 2.84 bits per heavy atom. The highest BCUT2D eigenvalue weighted by Gasteiger charge is 2.10. The minimum atomic E-state index is 0.665. The quantitative estimate of drug-likeness (QED) is 0.580. The van der Waals surface area contributed by atoms with E-state index in [-0.39, 0.29) is 0 Å². The summed E-state index contributed by atoms with van der Waals surface area (Å²) < 4.78 is 3.69. The van der Waals surface area contributed by atoms with E-state index in [0.29, 0.717) is 4.77 Å². The third-order valence-corrected chi connectivity index (χ3v) is 4.31. The van der Waals surface area contributed by atoms with Crippen molar-refractivity contribution in [1.29, 1.82) is 0 Å². The largest absolute Gasteiger partial charge is 0.330 e. The maximum Gasteiger partial charge on any atom is 0.182 e. The molecule has 0 spiro atoms. The Kier molecular flexibility index (Phi) is 3.25. The Labute approximate surface area is 129 Å². The van der Waals surface area contributed by atoms with Crippen LogP contribution in [-0.4, -0.2) is 9.55 Å². The predicted octanol–water partition coefficient (Wildman–Crippen LogP) is 5.41. The van der Waals surface area contributed by atoms with E-state index >= 15 is 0 Å². The van der Waals surface area contributed by atoms with Crippen molar-refractivity contribution in [3.63, 3.8) is 0 Å². The molecule has 3 aromatic rings. The second-order valence-corrected chi connectivity index (χ2v) is 6.02. The van der Waals surface area contributed by atoms with Gasteiger partial charge in [0, 0.05) is 9.50 Å². The summed E-state index contributed by atoms with van der Waals surface area (Å²) in [5.74, 6) is 0. The van der Waals surface area contributed by atoms with Crippen LogP contribution in [0.1, 0.15) is 5.56 Å². The van der Waals surface area contributed by atoms with Crippen LogP contribution in [0.2, 0.25) is 5.02 Å². The van der Waals surface area contributed by atoms with Gasteiger partial charge in [0.2, 0.25) is 0 Å². The topological polar surface area (TPSA) is 20.7 Å². The van der Waals surface area contributed by atoms with Gasteiger partial charge in [0.15, 0.2) is 4.77 Å². The lowest BCUT2D eigenvalue weighted by Crippen LogP contribution is -1.97. The molecule has 0 saturated heterocycles. The van der Waals surface area contributed by atoms with Gasteiger partial charge >= 0.3 is 0 Å². The number of nitrogens with zero attached hydrogens (tertiary/aromatic N) is 1. The van der Waals surface area contributed by atoms with Crippen LogP contribution in [0, 0.1) is 11.7 Å².